The van der Waals surface area contributed by atoms with Crippen LogP contribution in [0.3, 0.4) is 0 Å². The van der Waals surface area contributed by atoms with Crippen LogP contribution in [0.25, 0.3) is 97.0 Å². The summed E-state index contributed by atoms with van der Waals surface area (Å²) in [6, 6.07) is 86.9. The zero-order valence-electron chi connectivity index (χ0n) is 33.9. The van der Waals surface area contributed by atoms with Crippen molar-refractivity contribution in [3.63, 3.8) is 0 Å². The number of nitrogens with zero attached hydrogens (tertiary/aromatic N) is 1. The molecule has 0 fully saturated rings. The van der Waals surface area contributed by atoms with Crippen LogP contribution < -0.4 is 4.90 Å². The van der Waals surface area contributed by atoms with E-state index >= 15 is 0 Å². The van der Waals surface area contributed by atoms with E-state index in [1.807, 2.05) is 11.3 Å². The van der Waals surface area contributed by atoms with E-state index in [-0.39, 0.29) is 0 Å². The first-order chi connectivity index (χ1) is 30.7. The van der Waals surface area contributed by atoms with Gasteiger partial charge in [0, 0.05) is 37.1 Å². The highest BCUT2D eigenvalue weighted by Gasteiger charge is 2.21. The third-order valence-corrected chi connectivity index (χ3v) is 13.6. The molecular formula is C60H39NS. The lowest BCUT2D eigenvalue weighted by Crippen LogP contribution is -2.11. The fraction of sp³-hybridized carbons (Fsp3) is 0. The third-order valence-electron chi connectivity index (χ3n) is 12.5. The van der Waals surface area contributed by atoms with Crippen LogP contribution in [0.1, 0.15) is 0 Å². The van der Waals surface area contributed by atoms with Crippen molar-refractivity contribution in [2.24, 2.45) is 0 Å². The van der Waals surface area contributed by atoms with Crippen molar-refractivity contribution < 1.29 is 0 Å². The van der Waals surface area contributed by atoms with Crippen molar-refractivity contribution in [3.05, 3.63) is 237 Å². The highest BCUT2D eigenvalue weighted by atomic mass is 32.1. The Balaban J connectivity index is 1.03. The Morgan fingerprint density at radius 2 is 0.823 bits per heavy atom. The molecule has 0 atom stereocenters. The van der Waals surface area contributed by atoms with Gasteiger partial charge in [-0.05, 0) is 114 Å². The van der Waals surface area contributed by atoms with Crippen LogP contribution in [-0.2, 0) is 0 Å². The van der Waals surface area contributed by atoms with Crippen molar-refractivity contribution in [2.75, 3.05) is 4.90 Å². The van der Waals surface area contributed by atoms with E-state index < -0.39 is 0 Å². The lowest BCUT2D eigenvalue weighted by molar-refractivity contribution is 1.29. The lowest BCUT2D eigenvalue weighted by atomic mass is 9.91. The van der Waals surface area contributed by atoms with Crippen LogP contribution in [0.5, 0.6) is 0 Å². The summed E-state index contributed by atoms with van der Waals surface area (Å²) in [5.74, 6) is 0. The minimum Gasteiger partial charge on any atom is -0.310 e. The molecule has 0 N–H and O–H groups in total. The number of anilines is 3. The molecule has 62 heavy (non-hydrogen) atoms. The quantitative estimate of drug-likeness (QED) is 0.145. The molecule has 12 rings (SSSR count). The van der Waals surface area contributed by atoms with Crippen molar-refractivity contribution in [1.29, 1.82) is 0 Å². The van der Waals surface area contributed by atoms with Gasteiger partial charge in [0.25, 0.3) is 0 Å². The first-order valence-corrected chi connectivity index (χ1v) is 22.1. The van der Waals surface area contributed by atoms with Crippen molar-refractivity contribution in [3.8, 4) is 44.5 Å². The van der Waals surface area contributed by atoms with Crippen LogP contribution in [0.15, 0.2) is 237 Å². The zero-order valence-corrected chi connectivity index (χ0v) is 34.7. The maximum atomic E-state index is 2.46. The monoisotopic (exact) mass is 805 g/mol. The first-order valence-electron chi connectivity index (χ1n) is 21.2. The summed E-state index contributed by atoms with van der Waals surface area (Å²) in [5.41, 5.74) is 12.9. The van der Waals surface area contributed by atoms with E-state index in [1.165, 1.54) is 97.0 Å². The number of fused-ring (bicyclic) bond motifs is 7. The van der Waals surface area contributed by atoms with Gasteiger partial charge >= 0.3 is 0 Å². The summed E-state index contributed by atoms with van der Waals surface area (Å²) in [7, 11) is 0. The second-order valence-corrected chi connectivity index (χ2v) is 17.1. The predicted molar refractivity (Wildman–Crippen MR) is 268 cm³/mol. The molecule has 0 aliphatic heterocycles. The van der Waals surface area contributed by atoms with Gasteiger partial charge < -0.3 is 4.90 Å². The average Bonchev–Trinajstić information content (AvgIpc) is 3.72. The number of hydrogen-bond donors (Lipinski definition) is 0. The first kappa shape index (κ1) is 36.1. The summed E-state index contributed by atoms with van der Waals surface area (Å²) in [6.07, 6.45) is 0. The Kier molecular flexibility index (Phi) is 8.76. The summed E-state index contributed by atoms with van der Waals surface area (Å²) < 4.78 is 2.58. The molecular weight excluding hydrogens is 767 g/mol. The molecule has 0 unspecified atom stereocenters. The van der Waals surface area contributed by atoms with Crippen molar-refractivity contribution >= 4 is 80.9 Å². The van der Waals surface area contributed by atoms with E-state index in [0.29, 0.717) is 0 Å². The van der Waals surface area contributed by atoms with E-state index in [1.54, 1.807) is 0 Å². The van der Waals surface area contributed by atoms with Gasteiger partial charge in [-0.2, -0.15) is 0 Å². The van der Waals surface area contributed by atoms with Gasteiger partial charge in [0.05, 0.1) is 5.69 Å². The highest BCUT2D eigenvalue weighted by molar-refractivity contribution is 7.25. The summed E-state index contributed by atoms with van der Waals surface area (Å²) in [6.45, 7) is 0. The van der Waals surface area contributed by atoms with Gasteiger partial charge in [-0.3, -0.25) is 0 Å². The number of thiophene rings is 1. The lowest BCUT2D eigenvalue weighted by Gasteiger charge is -2.29. The van der Waals surface area contributed by atoms with E-state index in [0.717, 1.165) is 17.1 Å². The minimum atomic E-state index is 1.10. The predicted octanol–water partition coefficient (Wildman–Crippen LogP) is 17.7. The maximum absolute atomic E-state index is 2.46. The molecule has 290 valence electrons. The molecule has 12 aromatic rings. The molecule has 0 saturated carbocycles. The highest BCUT2D eigenvalue weighted by Crippen LogP contribution is 2.47. The topological polar surface area (TPSA) is 3.24 Å². The van der Waals surface area contributed by atoms with E-state index in [9.17, 15) is 0 Å². The molecule has 0 bridgehead atoms. The Bertz CT molecular complexity index is 3610. The van der Waals surface area contributed by atoms with Gasteiger partial charge in [-0.15, -0.1) is 11.3 Å². The van der Waals surface area contributed by atoms with E-state index in [4.69, 9.17) is 0 Å². The molecule has 0 radical (unpaired) electrons. The molecule has 11 aromatic carbocycles. The molecule has 1 heterocycles. The molecule has 0 saturated heterocycles. The fourth-order valence-electron chi connectivity index (χ4n) is 9.44. The molecule has 0 amide bonds. The largest absolute Gasteiger partial charge is 0.310 e. The summed E-state index contributed by atoms with van der Waals surface area (Å²) >= 11 is 1.86. The van der Waals surface area contributed by atoms with Gasteiger partial charge in [-0.25, -0.2) is 0 Å². The van der Waals surface area contributed by atoms with Crippen LogP contribution in [0, 0.1) is 0 Å². The normalized spacial score (nSPS) is 11.5. The fourth-order valence-corrected chi connectivity index (χ4v) is 10.6. The number of rotatable bonds is 7. The SMILES string of the molecule is c1ccc(-c2ccc(-c3cc4ccccc4c4ccccc34)cc2N(c2ccc(-c3ccc(-c4cccc5ccccc45)cc3)cc2)c2ccc3c(c2)sc2ccccc23)cc1. The van der Waals surface area contributed by atoms with Crippen molar-refractivity contribution in [1.82, 2.24) is 0 Å². The maximum Gasteiger partial charge on any atom is 0.0546 e. The smallest absolute Gasteiger partial charge is 0.0546 e. The average molecular weight is 806 g/mol. The summed E-state index contributed by atoms with van der Waals surface area (Å²) in [4.78, 5) is 2.46. The Morgan fingerprint density at radius 1 is 0.258 bits per heavy atom. The third kappa shape index (κ3) is 6.24. The van der Waals surface area contributed by atoms with Gasteiger partial charge in [-0.1, -0.05) is 194 Å². The van der Waals surface area contributed by atoms with Crippen LogP contribution in [0.4, 0.5) is 17.1 Å². The van der Waals surface area contributed by atoms with Crippen molar-refractivity contribution in [2.45, 2.75) is 0 Å². The minimum absolute atomic E-state index is 1.10. The van der Waals surface area contributed by atoms with Crippen LogP contribution in [-0.4, -0.2) is 0 Å². The molecule has 0 spiro atoms. The Hall–Kier alpha value is -7.78. The molecule has 0 aliphatic rings. The van der Waals surface area contributed by atoms with E-state index in [2.05, 4.69) is 241 Å². The summed E-state index contributed by atoms with van der Waals surface area (Å²) in [5, 5.41) is 10.1. The molecule has 0 aliphatic carbocycles. The van der Waals surface area contributed by atoms with Crippen LogP contribution >= 0.6 is 11.3 Å². The van der Waals surface area contributed by atoms with Crippen LogP contribution in [0.2, 0.25) is 0 Å². The molecule has 1 nitrogen and oxygen atoms in total. The van der Waals surface area contributed by atoms with Gasteiger partial charge in [0.1, 0.15) is 0 Å². The Labute approximate surface area is 365 Å². The number of benzene rings is 11. The number of hydrogen-bond acceptors (Lipinski definition) is 2. The molecule has 2 heteroatoms. The zero-order chi connectivity index (χ0) is 41.0. The Morgan fingerprint density at radius 3 is 1.63 bits per heavy atom. The second-order valence-electron chi connectivity index (χ2n) is 16.1. The molecule has 1 aromatic heterocycles. The van der Waals surface area contributed by atoms with Gasteiger partial charge in [0.2, 0.25) is 0 Å². The van der Waals surface area contributed by atoms with Gasteiger partial charge in [0.15, 0.2) is 0 Å². The second kappa shape index (κ2) is 15.0. The standard InChI is InChI=1S/C60H39NS/c1-2-13-43(14-3-1)52-35-31-46(57-37-45-16-5-7-19-51(45)53-20-8-9-21-54(53)57)38-58(52)61(48-34-36-56-55-22-10-11-24-59(55)62-60(56)39-48)47-32-29-41(30-33-47)40-25-27-44(28-26-40)50-23-12-17-42-15-4-6-18-49(42)50/h1-39H.